The topological polar surface area (TPSA) is 87.0 Å². The number of aromatic nitrogens is 4. The second-order valence-electron chi connectivity index (χ2n) is 4.52. The van der Waals surface area contributed by atoms with Crippen LogP contribution in [-0.2, 0) is 4.74 Å². The predicted octanol–water partition coefficient (Wildman–Crippen LogP) is 2.01. The number of carbonyl (C=O) groups is 1. The Labute approximate surface area is 135 Å². The molecule has 8 heteroatoms. The zero-order valence-electron chi connectivity index (χ0n) is 12.1. The molecule has 0 bridgehead atoms. The highest BCUT2D eigenvalue weighted by Crippen LogP contribution is 2.15. The molecule has 116 valence electrons. The van der Waals surface area contributed by atoms with Crippen molar-refractivity contribution in [3.05, 3.63) is 57.9 Å². The average molecular weight is 331 g/mol. The van der Waals surface area contributed by atoms with Gasteiger partial charge in [-0.15, -0.1) is 0 Å². The number of rotatable bonds is 3. The molecular weight excluding hydrogens is 320 g/mol. The van der Waals surface area contributed by atoms with E-state index in [9.17, 15) is 9.59 Å². The summed E-state index contributed by atoms with van der Waals surface area (Å²) in [5.41, 5.74) is -0.176. The van der Waals surface area contributed by atoms with Crippen molar-refractivity contribution in [1.82, 2.24) is 19.5 Å². The number of pyridine rings is 2. The highest BCUT2D eigenvalue weighted by molar-refractivity contribution is 6.28. The van der Waals surface area contributed by atoms with Crippen molar-refractivity contribution >= 4 is 28.6 Å². The largest absolute Gasteiger partial charge is 0.462 e. The van der Waals surface area contributed by atoms with E-state index in [0.717, 1.165) is 0 Å². The van der Waals surface area contributed by atoms with Gasteiger partial charge in [-0.05, 0) is 36.7 Å². The maximum Gasteiger partial charge on any atom is 0.343 e. The van der Waals surface area contributed by atoms with Crippen LogP contribution < -0.4 is 5.43 Å². The van der Waals surface area contributed by atoms with Crippen LogP contribution in [0.3, 0.4) is 0 Å². The molecule has 0 aromatic carbocycles. The van der Waals surface area contributed by atoms with E-state index in [1.54, 1.807) is 31.3 Å². The van der Waals surface area contributed by atoms with Gasteiger partial charge in [0.15, 0.2) is 0 Å². The second kappa shape index (κ2) is 6.13. The molecule has 0 saturated carbocycles. The fourth-order valence-corrected chi connectivity index (χ4v) is 2.29. The van der Waals surface area contributed by atoms with Gasteiger partial charge >= 0.3 is 5.97 Å². The van der Waals surface area contributed by atoms with Crippen molar-refractivity contribution in [3.8, 4) is 5.82 Å². The summed E-state index contributed by atoms with van der Waals surface area (Å²) < 4.78 is 6.45. The smallest absolute Gasteiger partial charge is 0.343 e. The van der Waals surface area contributed by atoms with E-state index in [0.29, 0.717) is 11.5 Å². The lowest BCUT2D eigenvalue weighted by Crippen LogP contribution is -2.21. The number of carbonyl (C=O) groups excluding carboxylic acids is 1. The maximum atomic E-state index is 12.5. The molecule has 3 aromatic rings. The highest BCUT2D eigenvalue weighted by Gasteiger charge is 2.18. The summed E-state index contributed by atoms with van der Waals surface area (Å²) >= 11 is 5.82. The minimum atomic E-state index is -0.697. The van der Waals surface area contributed by atoms with Crippen LogP contribution in [0.4, 0.5) is 0 Å². The van der Waals surface area contributed by atoms with Crippen molar-refractivity contribution in [3.63, 3.8) is 0 Å². The van der Waals surface area contributed by atoms with Crippen LogP contribution in [0.1, 0.15) is 17.3 Å². The summed E-state index contributed by atoms with van der Waals surface area (Å²) in [7, 11) is 0. The fourth-order valence-electron chi connectivity index (χ4n) is 2.15. The molecule has 0 aliphatic carbocycles. The van der Waals surface area contributed by atoms with E-state index in [1.807, 2.05) is 0 Å². The van der Waals surface area contributed by atoms with Crippen molar-refractivity contribution in [2.45, 2.75) is 6.92 Å². The van der Waals surface area contributed by atoms with Gasteiger partial charge in [0.1, 0.15) is 17.0 Å². The normalized spacial score (nSPS) is 10.7. The molecule has 0 aliphatic rings. The summed E-state index contributed by atoms with van der Waals surface area (Å²) in [5, 5.41) is 0.329. The molecule has 0 radical (unpaired) electrons. The third kappa shape index (κ3) is 2.78. The number of esters is 1. The molecule has 0 aliphatic heterocycles. The third-order valence-corrected chi connectivity index (χ3v) is 3.30. The second-order valence-corrected chi connectivity index (χ2v) is 4.86. The average Bonchev–Trinajstić information content (AvgIpc) is 2.55. The molecule has 3 rings (SSSR count). The zero-order valence-corrected chi connectivity index (χ0v) is 12.8. The summed E-state index contributed by atoms with van der Waals surface area (Å²) in [6, 6.07) is 4.81. The Hall–Kier alpha value is -2.80. The van der Waals surface area contributed by atoms with Gasteiger partial charge in [0, 0.05) is 18.6 Å². The SMILES string of the molecule is CCOC(=O)c1cn(-c2ccnc(Cl)n2)c2ncccc2c1=O. The lowest BCUT2D eigenvalue weighted by Gasteiger charge is -2.11. The molecule has 0 spiro atoms. The molecule has 0 saturated heterocycles. The first-order valence-electron chi connectivity index (χ1n) is 6.78. The zero-order chi connectivity index (χ0) is 16.4. The van der Waals surface area contributed by atoms with Gasteiger partial charge in [0.2, 0.25) is 10.7 Å². The van der Waals surface area contributed by atoms with E-state index in [-0.39, 0.29) is 22.8 Å². The van der Waals surface area contributed by atoms with Gasteiger partial charge in [-0.1, -0.05) is 0 Å². The number of halogens is 1. The quantitative estimate of drug-likeness (QED) is 0.539. The molecule has 0 fully saturated rings. The number of hydrogen-bond acceptors (Lipinski definition) is 6. The molecule has 3 heterocycles. The first-order valence-corrected chi connectivity index (χ1v) is 7.16. The van der Waals surface area contributed by atoms with Gasteiger partial charge in [0.25, 0.3) is 0 Å². The Kier molecular flexibility index (Phi) is 4.03. The first kappa shape index (κ1) is 15.1. The van der Waals surface area contributed by atoms with Crippen LogP contribution in [0.15, 0.2) is 41.6 Å². The fraction of sp³-hybridized carbons (Fsp3) is 0.133. The van der Waals surface area contributed by atoms with Crippen molar-refractivity contribution in [2.24, 2.45) is 0 Å². The van der Waals surface area contributed by atoms with Gasteiger partial charge in [-0.25, -0.2) is 14.8 Å². The van der Waals surface area contributed by atoms with Gasteiger partial charge in [-0.2, -0.15) is 4.98 Å². The van der Waals surface area contributed by atoms with Crippen molar-refractivity contribution in [2.75, 3.05) is 6.61 Å². The van der Waals surface area contributed by atoms with E-state index in [4.69, 9.17) is 16.3 Å². The molecule has 7 nitrogen and oxygen atoms in total. The molecule has 0 N–H and O–H groups in total. The summed E-state index contributed by atoms with van der Waals surface area (Å²) in [6.45, 7) is 1.84. The summed E-state index contributed by atoms with van der Waals surface area (Å²) in [5.74, 6) is -0.309. The lowest BCUT2D eigenvalue weighted by atomic mass is 10.2. The van der Waals surface area contributed by atoms with Crippen LogP contribution in [0.2, 0.25) is 5.28 Å². The number of ether oxygens (including phenoxy) is 1. The minimum Gasteiger partial charge on any atom is -0.462 e. The molecule has 23 heavy (non-hydrogen) atoms. The minimum absolute atomic E-state index is 0.0444. The first-order chi connectivity index (χ1) is 11.1. The van der Waals surface area contributed by atoms with Crippen LogP contribution in [0, 0.1) is 0 Å². The summed E-state index contributed by atoms with van der Waals surface area (Å²) in [6.07, 6.45) is 4.38. The van der Waals surface area contributed by atoms with Crippen LogP contribution in [0.25, 0.3) is 16.9 Å². The Bertz CT molecular complexity index is 955. The summed E-state index contributed by atoms with van der Waals surface area (Å²) in [4.78, 5) is 36.6. The van der Waals surface area contributed by atoms with Crippen molar-refractivity contribution in [1.29, 1.82) is 0 Å². The molecule has 0 amide bonds. The third-order valence-electron chi connectivity index (χ3n) is 3.12. The van der Waals surface area contributed by atoms with Gasteiger partial charge < -0.3 is 4.74 Å². The maximum absolute atomic E-state index is 12.5. The number of nitrogens with zero attached hydrogens (tertiary/aromatic N) is 4. The van der Waals surface area contributed by atoms with Crippen LogP contribution >= 0.6 is 11.6 Å². The van der Waals surface area contributed by atoms with Gasteiger partial charge in [0.05, 0.1) is 12.0 Å². The number of fused-ring (bicyclic) bond motifs is 1. The lowest BCUT2D eigenvalue weighted by molar-refractivity contribution is 0.0524. The van der Waals surface area contributed by atoms with E-state index < -0.39 is 11.4 Å². The number of hydrogen-bond donors (Lipinski definition) is 0. The monoisotopic (exact) mass is 330 g/mol. The van der Waals surface area contributed by atoms with Crippen LogP contribution in [-0.4, -0.2) is 32.1 Å². The Morgan fingerprint density at radius 1 is 1.30 bits per heavy atom. The van der Waals surface area contributed by atoms with E-state index >= 15 is 0 Å². The Morgan fingerprint density at radius 2 is 2.13 bits per heavy atom. The van der Waals surface area contributed by atoms with Crippen molar-refractivity contribution < 1.29 is 9.53 Å². The molecular formula is C15H11ClN4O3. The molecule has 0 unspecified atom stereocenters. The van der Waals surface area contributed by atoms with E-state index in [2.05, 4.69) is 15.0 Å². The van der Waals surface area contributed by atoms with Gasteiger partial charge in [-0.3, -0.25) is 9.36 Å². The Balaban J connectivity index is 2.34. The van der Waals surface area contributed by atoms with Crippen LogP contribution in [0.5, 0.6) is 0 Å². The molecule has 3 aromatic heterocycles. The predicted molar refractivity (Wildman–Crippen MR) is 83.9 cm³/mol. The van der Waals surface area contributed by atoms with E-state index in [1.165, 1.54) is 17.0 Å². The standard InChI is InChI=1S/C15H11ClN4O3/c1-2-23-14(22)10-8-20(11-5-7-18-15(16)19-11)13-9(12(10)21)4-3-6-17-13/h3-8H,2H2,1H3. The molecule has 0 atom stereocenters. The Morgan fingerprint density at radius 3 is 2.87 bits per heavy atom. The highest BCUT2D eigenvalue weighted by atomic mass is 35.5.